The Balaban J connectivity index is 1.72. The number of anilines is 1. The number of allylic oxidation sites excluding steroid dienone is 1. The molecule has 1 aliphatic carbocycles. The number of rotatable bonds is 4. The van der Waals surface area contributed by atoms with E-state index in [1.165, 1.54) is 17.5 Å². The van der Waals surface area contributed by atoms with Gasteiger partial charge in [0, 0.05) is 35.1 Å². The molecule has 140 valence electrons. The molecule has 3 N–H and O–H groups in total. The van der Waals surface area contributed by atoms with Crippen molar-refractivity contribution in [1.29, 1.82) is 0 Å². The molecule has 0 unspecified atom stereocenters. The lowest BCUT2D eigenvalue weighted by atomic mass is 9.88. The smallest absolute Gasteiger partial charge is 0.225 e. The van der Waals surface area contributed by atoms with Crippen LogP contribution in [-0.2, 0) is 6.54 Å². The van der Waals surface area contributed by atoms with E-state index in [0.29, 0.717) is 21.9 Å². The highest BCUT2D eigenvalue weighted by Gasteiger charge is 2.27. The summed E-state index contributed by atoms with van der Waals surface area (Å²) in [7, 11) is 0. The van der Waals surface area contributed by atoms with Crippen molar-refractivity contribution < 1.29 is 4.39 Å². The maximum absolute atomic E-state index is 13.8. The standard InChI is InChI=1S/C18H16Cl2FN5S/c19-13-14-16(27-15(13)10-3-1-2-4-12(10)22)17(26-18(20)25-14)24-7-9-5-6-23-8-11(9)21/h1-2,5-6,8,10,12H,3-4,7,22H2,(H,24,25,26)/t10-,12-/m0/s1. The Bertz CT molecular complexity index is 1020. The summed E-state index contributed by atoms with van der Waals surface area (Å²) in [4.78, 5) is 13.3. The molecule has 3 aromatic rings. The highest BCUT2D eigenvalue weighted by Crippen LogP contribution is 2.44. The highest BCUT2D eigenvalue weighted by atomic mass is 35.5. The maximum Gasteiger partial charge on any atom is 0.225 e. The van der Waals surface area contributed by atoms with Crippen molar-refractivity contribution in [3.05, 3.63) is 57.2 Å². The van der Waals surface area contributed by atoms with Gasteiger partial charge in [-0.3, -0.25) is 4.98 Å². The number of hydrogen-bond acceptors (Lipinski definition) is 6. The summed E-state index contributed by atoms with van der Waals surface area (Å²) in [6.45, 7) is 0.243. The molecule has 0 aromatic carbocycles. The number of nitrogens with one attached hydrogen (secondary N) is 1. The fraction of sp³-hybridized carbons (Fsp3) is 0.278. The lowest BCUT2D eigenvalue weighted by Crippen LogP contribution is -2.29. The SMILES string of the molecule is N[C@H]1CC=CC[C@@H]1c1sc2c(NCc3ccncc3F)nc(Cl)nc2c1Cl. The van der Waals surface area contributed by atoms with Crippen LogP contribution in [0.4, 0.5) is 10.2 Å². The number of thiophene rings is 1. The first-order valence-electron chi connectivity index (χ1n) is 8.43. The Morgan fingerprint density at radius 3 is 2.85 bits per heavy atom. The Morgan fingerprint density at radius 2 is 2.07 bits per heavy atom. The van der Waals surface area contributed by atoms with E-state index in [0.717, 1.165) is 22.4 Å². The number of hydrogen-bond donors (Lipinski definition) is 2. The second-order valence-electron chi connectivity index (χ2n) is 6.33. The molecule has 0 spiro atoms. The zero-order valence-electron chi connectivity index (χ0n) is 14.1. The fourth-order valence-corrected chi connectivity index (χ4v) is 5.07. The summed E-state index contributed by atoms with van der Waals surface area (Å²) in [5.41, 5.74) is 7.37. The predicted octanol–water partition coefficient (Wildman–Crippen LogP) is 4.91. The van der Waals surface area contributed by atoms with E-state index in [2.05, 4.69) is 32.4 Å². The van der Waals surface area contributed by atoms with Crippen LogP contribution in [0.2, 0.25) is 10.3 Å². The number of aromatic nitrogens is 3. The third-order valence-electron chi connectivity index (χ3n) is 4.60. The molecule has 0 aliphatic heterocycles. The van der Waals surface area contributed by atoms with Crippen LogP contribution in [0, 0.1) is 5.82 Å². The van der Waals surface area contributed by atoms with Gasteiger partial charge in [0.15, 0.2) is 0 Å². The molecule has 5 nitrogen and oxygen atoms in total. The third kappa shape index (κ3) is 3.65. The van der Waals surface area contributed by atoms with Gasteiger partial charge in [0.05, 0.1) is 15.9 Å². The van der Waals surface area contributed by atoms with Crippen LogP contribution in [0.25, 0.3) is 10.2 Å². The second-order valence-corrected chi connectivity index (χ2v) is 8.10. The van der Waals surface area contributed by atoms with Gasteiger partial charge in [-0.2, -0.15) is 4.98 Å². The summed E-state index contributed by atoms with van der Waals surface area (Å²) in [5.74, 6) is 0.275. The molecule has 3 heterocycles. The van der Waals surface area contributed by atoms with E-state index in [1.807, 2.05) is 0 Å². The average Bonchev–Trinajstić information content (AvgIpc) is 2.98. The van der Waals surface area contributed by atoms with E-state index < -0.39 is 0 Å². The molecule has 3 aromatic heterocycles. The first kappa shape index (κ1) is 18.6. The van der Waals surface area contributed by atoms with Crippen LogP contribution in [0.5, 0.6) is 0 Å². The topological polar surface area (TPSA) is 76.7 Å². The van der Waals surface area contributed by atoms with E-state index in [1.54, 1.807) is 12.3 Å². The number of pyridine rings is 1. The Kier molecular flexibility index (Phi) is 5.27. The van der Waals surface area contributed by atoms with Crippen molar-refractivity contribution in [3.8, 4) is 0 Å². The number of nitrogens with zero attached hydrogens (tertiary/aromatic N) is 3. The van der Waals surface area contributed by atoms with E-state index in [4.69, 9.17) is 28.9 Å². The first-order valence-corrected chi connectivity index (χ1v) is 10.00. The molecule has 0 saturated heterocycles. The molecule has 4 rings (SSSR count). The van der Waals surface area contributed by atoms with Crippen molar-refractivity contribution in [2.75, 3.05) is 5.32 Å². The molecule has 0 amide bonds. The van der Waals surface area contributed by atoms with Crippen molar-refractivity contribution in [2.24, 2.45) is 5.73 Å². The Morgan fingerprint density at radius 1 is 1.26 bits per heavy atom. The summed E-state index contributed by atoms with van der Waals surface area (Å²) in [6, 6.07) is 1.62. The summed E-state index contributed by atoms with van der Waals surface area (Å²) >= 11 is 14.2. The van der Waals surface area contributed by atoms with Crippen LogP contribution in [0.1, 0.15) is 29.2 Å². The van der Waals surface area contributed by atoms with E-state index >= 15 is 0 Å². The van der Waals surface area contributed by atoms with Gasteiger partial charge in [-0.05, 0) is 30.5 Å². The largest absolute Gasteiger partial charge is 0.365 e. The zero-order chi connectivity index (χ0) is 19.0. The quantitative estimate of drug-likeness (QED) is 0.460. The minimum absolute atomic E-state index is 0.00585. The number of halogens is 3. The zero-order valence-corrected chi connectivity index (χ0v) is 16.5. The lowest BCUT2D eigenvalue weighted by Gasteiger charge is -2.24. The number of fused-ring (bicyclic) bond motifs is 1. The molecular weight excluding hydrogens is 408 g/mol. The summed E-state index contributed by atoms with van der Waals surface area (Å²) < 4.78 is 14.6. The van der Waals surface area contributed by atoms with Crippen LogP contribution in [0.15, 0.2) is 30.6 Å². The lowest BCUT2D eigenvalue weighted by molar-refractivity contribution is 0.528. The average molecular weight is 424 g/mol. The minimum Gasteiger partial charge on any atom is -0.365 e. The normalized spacial score (nSPS) is 19.6. The van der Waals surface area contributed by atoms with Crippen LogP contribution in [-0.4, -0.2) is 21.0 Å². The van der Waals surface area contributed by atoms with E-state index in [-0.39, 0.29) is 29.6 Å². The first-order chi connectivity index (χ1) is 13.0. The van der Waals surface area contributed by atoms with Gasteiger partial charge in [-0.15, -0.1) is 11.3 Å². The Labute approximate surface area is 169 Å². The predicted molar refractivity (Wildman–Crippen MR) is 108 cm³/mol. The minimum atomic E-state index is -0.383. The van der Waals surface area contributed by atoms with Crippen molar-refractivity contribution in [3.63, 3.8) is 0 Å². The van der Waals surface area contributed by atoms with Gasteiger partial charge >= 0.3 is 0 Å². The molecule has 0 radical (unpaired) electrons. The van der Waals surface area contributed by atoms with Gasteiger partial charge in [-0.25, -0.2) is 9.37 Å². The summed E-state index contributed by atoms with van der Waals surface area (Å²) in [5, 5.41) is 3.79. The van der Waals surface area contributed by atoms with Gasteiger partial charge in [0.1, 0.15) is 17.2 Å². The molecular formula is C18H16Cl2FN5S. The van der Waals surface area contributed by atoms with Crippen LogP contribution < -0.4 is 11.1 Å². The monoisotopic (exact) mass is 423 g/mol. The summed E-state index contributed by atoms with van der Waals surface area (Å²) in [6.07, 6.45) is 8.58. The van der Waals surface area contributed by atoms with Gasteiger partial charge in [0.2, 0.25) is 5.28 Å². The van der Waals surface area contributed by atoms with Gasteiger partial charge < -0.3 is 11.1 Å². The number of nitrogens with two attached hydrogens (primary N) is 1. The van der Waals surface area contributed by atoms with Crippen LogP contribution in [0.3, 0.4) is 0 Å². The van der Waals surface area contributed by atoms with Gasteiger partial charge in [0.25, 0.3) is 0 Å². The van der Waals surface area contributed by atoms with Crippen molar-refractivity contribution in [1.82, 2.24) is 15.0 Å². The highest BCUT2D eigenvalue weighted by molar-refractivity contribution is 7.20. The molecule has 0 bridgehead atoms. The molecule has 1 aliphatic rings. The third-order valence-corrected chi connectivity index (χ3v) is 6.58. The molecule has 0 saturated carbocycles. The molecule has 2 atom stereocenters. The Hall–Kier alpha value is -1.80. The van der Waals surface area contributed by atoms with Crippen molar-refractivity contribution >= 4 is 50.6 Å². The van der Waals surface area contributed by atoms with Crippen LogP contribution >= 0.6 is 34.5 Å². The molecule has 27 heavy (non-hydrogen) atoms. The molecule has 0 fully saturated rings. The fourth-order valence-electron chi connectivity index (χ4n) is 3.16. The second kappa shape index (κ2) is 7.67. The van der Waals surface area contributed by atoms with E-state index in [9.17, 15) is 4.39 Å². The molecule has 9 heteroatoms. The van der Waals surface area contributed by atoms with Crippen molar-refractivity contribution in [2.45, 2.75) is 31.3 Å². The maximum atomic E-state index is 13.8. The van der Waals surface area contributed by atoms with Gasteiger partial charge in [-0.1, -0.05) is 23.8 Å².